The van der Waals surface area contributed by atoms with Gasteiger partial charge in [-0.2, -0.15) is 0 Å². The highest BCUT2D eigenvalue weighted by atomic mass is 16.2. The van der Waals surface area contributed by atoms with Crippen LogP contribution in [0.5, 0.6) is 0 Å². The molecule has 27 heavy (non-hydrogen) atoms. The number of amides is 1. The lowest BCUT2D eigenvalue weighted by atomic mass is 9.83. The molecule has 2 aromatic rings. The number of hydrogen-bond donors (Lipinski definition) is 2. The van der Waals surface area contributed by atoms with Gasteiger partial charge in [-0.25, -0.2) is 5.43 Å². The lowest BCUT2D eigenvalue weighted by Gasteiger charge is -2.31. The van der Waals surface area contributed by atoms with Crippen molar-refractivity contribution in [2.24, 2.45) is 5.92 Å². The second-order valence-corrected chi connectivity index (χ2v) is 8.99. The molecule has 2 aliphatic rings. The minimum atomic E-state index is -0.186. The predicted octanol–water partition coefficient (Wildman–Crippen LogP) is 3.86. The smallest absolute Gasteiger partial charge is 0.246 e. The molecule has 0 spiro atoms. The van der Waals surface area contributed by atoms with Gasteiger partial charge in [0.2, 0.25) is 5.91 Å². The Kier molecular flexibility index (Phi) is 4.36. The fourth-order valence-electron chi connectivity index (χ4n) is 4.39. The zero-order chi connectivity index (χ0) is 19.3. The SMILES string of the molecule is Cc1ccc(N2C(=O)C3NNC(C)C3C2c2ccc(C(C)(C)C)cc2)cc1. The normalized spacial score (nSPS) is 27.9. The maximum atomic E-state index is 13.3. The standard InChI is InChI=1S/C23H29N3O/c1-14-6-12-18(13-7-14)26-21(19-15(2)24-25-20(19)22(26)27)16-8-10-17(11-9-16)23(3,4)5/h6-13,15,19-21,24-25H,1-5H3. The molecule has 4 unspecified atom stereocenters. The van der Waals surface area contributed by atoms with Gasteiger partial charge >= 0.3 is 0 Å². The molecule has 2 aliphatic heterocycles. The summed E-state index contributed by atoms with van der Waals surface area (Å²) in [5.41, 5.74) is 11.3. The van der Waals surface area contributed by atoms with Crippen molar-refractivity contribution in [2.75, 3.05) is 4.90 Å². The van der Waals surface area contributed by atoms with E-state index in [0.29, 0.717) is 0 Å². The van der Waals surface area contributed by atoms with Crippen LogP contribution in [0.15, 0.2) is 48.5 Å². The molecule has 2 N–H and O–H groups in total. The second-order valence-electron chi connectivity index (χ2n) is 8.99. The van der Waals surface area contributed by atoms with Crippen molar-refractivity contribution in [1.82, 2.24) is 10.9 Å². The van der Waals surface area contributed by atoms with Crippen LogP contribution in [0.1, 0.15) is 50.4 Å². The molecule has 0 radical (unpaired) electrons. The zero-order valence-corrected chi connectivity index (χ0v) is 16.8. The van der Waals surface area contributed by atoms with Crippen molar-refractivity contribution < 1.29 is 4.79 Å². The minimum absolute atomic E-state index is 0.0247. The summed E-state index contributed by atoms with van der Waals surface area (Å²) in [5, 5.41) is 0. The third-order valence-corrected chi connectivity index (χ3v) is 6.01. The van der Waals surface area contributed by atoms with Gasteiger partial charge in [-0.3, -0.25) is 10.2 Å². The van der Waals surface area contributed by atoms with Crippen LogP contribution in [0.2, 0.25) is 0 Å². The van der Waals surface area contributed by atoms with E-state index in [9.17, 15) is 4.79 Å². The lowest BCUT2D eigenvalue weighted by molar-refractivity contribution is -0.119. The lowest BCUT2D eigenvalue weighted by Crippen LogP contribution is -2.42. The molecular weight excluding hydrogens is 334 g/mol. The Morgan fingerprint density at radius 1 is 0.926 bits per heavy atom. The van der Waals surface area contributed by atoms with Gasteiger partial charge in [0.1, 0.15) is 6.04 Å². The number of benzene rings is 2. The molecule has 1 amide bonds. The van der Waals surface area contributed by atoms with Crippen LogP contribution in [0.3, 0.4) is 0 Å². The van der Waals surface area contributed by atoms with E-state index in [4.69, 9.17) is 0 Å². The summed E-state index contributed by atoms with van der Waals surface area (Å²) in [7, 11) is 0. The van der Waals surface area contributed by atoms with E-state index in [1.165, 1.54) is 16.7 Å². The van der Waals surface area contributed by atoms with Gasteiger partial charge in [0, 0.05) is 17.6 Å². The van der Waals surface area contributed by atoms with Gasteiger partial charge in [-0.05, 0) is 42.5 Å². The van der Waals surface area contributed by atoms with E-state index in [1.54, 1.807) is 0 Å². The molecular formula is C23H29N3O. The number of fused-ring (bicyclic) bond motifs is 1. The Morgan fingerprint density at radius 2 is 1.56 bits per heavy atom. The average Bonchev–Trinajstić information content (AvgIpc) is 3.14. The molecule has 2 heterocycles. The van der Waals surface area contributed by atoms with Crippen LogP contribution in [0.4, 0.5) is 5.69 Å². The van der Waals surface area contributed by atoms with Gasteiger partial charge in [-0.15, -0.1) is 0 Å². The van der Waals surface area contributed by atoms with E-state index in [-0.39, 0.29) is 35.4 Å². The van der Waals surface area contributed by atoms with Crippen molar-refractivity contribution in [3.63, 3.8) is 0 Å². The largest absolute Gasteiger partial charge is 0.303 e. The Bertz CT molecular complexity index is 835. The predicted molar refractivity (Wildman–Crippen MR) is 110 cm³/mol. The number of carbonyl (C=O) groups excluding carboxylic acids is 1. The molecule has 2 saturated heterocycles. The number of aryl methyl sites for hydroxylation is 1. The van der Waals surface area contributed by atoms with Crippen molar-refractivity contribution in [1.29, 1.82) is 0 Å². The summed E-state index contributed by atoms with van der Waals surface area (Å²) in [6, 6.07) is 17.2. The van der Waals surface area contributed by atoms with Crippen LogP contribution in [-0.2, 0) is 10.2 Å². The molecule has 0 aliphatic carbocycles. The highest BCUT2D eigenvalue weighted by Crippen LogP contribution is 2.44. The highest BCUT2D eigenvalue weighted by Gasteiger charge is 2.54. The van der Waals surface area contributed by atoms with E-state index in [2.05, 4.69) is 94.0 Å². The molecule has 4 rings (SSSR count). The average molecular weight is 364 g/mol. The molecule has 2 fully saturated rings. The molecule has 4 nitrogen and oxygen atoms in total. The number of hydrazine groups is 1. The maximum Gasteiger partial charge on any atom is 0.246 e. The van der Waals surface area contributed by atoms with Gasteiger partial charge in [0.15, 0.2) is 0 Å². The first-order valence-electron chi connectivity index (χ1n) is 9.78. The molecule has 2 aromatic carbocycles. The molecule has 0 saturated carbocycles. The van der Waals surface area contributed by atoms with Crippen molar-refractivity contribution in [3.05, 3.63) is 65.2 Å². The zero-order valence-electron chi connectivity index (χ0n) is 16.8. The summed E-state index contributed by atoms with van der Waals surface area (Å²) in [5.74, 6) is 0.338. The number of nitrogens with zero attached hydrogens (tertiary/aromatic N) is 1. The number of carbonyl (C=O) groups is 1. The van der Waals surface area contributed by atoms with Crippen LogP contribution < -0.4 is 15.8 Å². The quantitative estimate of drug-likeness (QED) is 0.851. The number of rotatable bonds is 2. The third kappa shape index (κ3) is 3.07. The van der Waals surface area contributed by atoms with Gasteiger partial charge in [0.05, 0.1) is 6.04 Å². The maximum absolute atomic E-state index is 13.3. The number of hydrogen-bond acceptors (Lipinski definition) is 3. The Balaban J connectivity index is 1.78. The number of nitrogens with one attached hydrogen (secondary N) is 2. The molecule has 4 heteroatoms. The summed E-state index contributed by atoms with van der Waals surface area (Å²) in [6.45, 7) is 10.9. The van der Waals surface area contributed by atoms with Crippen molar-refractivity contribution in [3.8, 4) is 0 Å². The first-order chi connectivity index (χ1) is 12.8. The summed E-state index contributed by atoms with van der Waals surface area (Å²) in [4.78, 5) is 15.2. The fourth-order valence-corrected chi connectivity index (χ4v) is 4.39. The molecule has 0 bridgehead atoms. The number of anilines is 1. The van der Waals surface area contributed by atoms with Crippen LogP contribution in [-0.4, -0.2) is 18.0 Å². The summed E-state index contributed by atoms with van der Waals surface area (Å²) in [6.07, 6.45) is 0. The first-order valence-corrected chi connectivity index (χ1v) is 9.78. The van der Waals surface area contributed by atoms with E-state index in [1.807, 2.05) is 4.90 Å². The van der Waals surface area contributed by atoms with Gasteiger partial charge in [-0.1, -0.05) is 62.7 Å². The minimum Gasteiger partial charge on any atom is -0.303 e. The second kappa shape index (κ2) is 6.47. The van der Waals surface area contributed by atoms with Gasteiger partial charge < -0.3 is 4.90 Å². The Hall–Kier alpha value is -2.17. The monoisotopic (exact) mass is 363 g/mol. The highest BCUT2D eigenvalue weighted by molar-refractivity contribution is 6.01. The Labute approximate surface area is 161 Å². The molecule has 4 atom stereocenters. The van der Waals surface area contributed by atoms with Crippen LogP contribution in [0, 0.1) is 12.8 Å². The topological polar surface area (TPSA) is 44.4 Å². The first kappa shape index (κ1) is 18.2. The van der Waals surface area contributed by atoms with Gasteiger partial charge in [0.25, 0.3) is 0 Å². The third-order valence-electron chi connectivity index (χ3n) is 6.01. The van der Waals surface area contributed by atoms with Crippen LogP contribution in [0.25, 0.3) is 0 Å². The molecule has 142 valence electrons. The van der Waals surface area contributed by atoms with E-state index in [0.717, 1.165) is 5.69 Å². The summed E-state index contributed by atoms with van der Waals surface area (Å²) < 4.78 is 0. The Morgan fingerprint density at radius 3 is 2.15 bits per heavy atom. The van der Waals surface area contributed by atoms with Crippen LogP contribution >= 0.6 is 0 Å². The van der Waals surface area contributed by atoms with E-state index >= 15 is 0 Å². The summed E-state index contributed by atoms with van der Waals surface area (Å²) >= 11 is 0. The van der Waals surface area contributed by atoms with Crippen molar-refractivity contribution in [2.45, 2.75) is 58.2 Å². The van der Waals surface area contributed by atoms with E-state index < -0.39 is 0 Å². The fraction of sp³-hybridized carbons (Fsp3) is 0.435. The van der Waals surface area contributed by atoms with Crippen molar-refractivity contribution >= 4 is 11.6 Å². The molecule has 0 aromatic heterocycles.